The molecule has 0 aliphatic heterocycles. The van der Waals surface area contributed by atoms with Crippen molar-refractivity contribution in [3.63, 3.8) is 0 Å². The van der Waals surface area contributed by atoms with Gasteiger partial charge in [-0.3, -0.25) is 0 Å². The van der Waals surface area contributed by atoms with Crippen LogP contribution in [0.15, 0.2) is 36.5 Å². The van der Waals surface area contributed by atoms with Crippen LogP contribution in [-0.2, 0) is 0 Å². The first-order chi connectivity index (χ1) is 8.58. The molecule has 1 heterocycles. The van der Waals surface area contributed by atoms with Gasteiger partial charge in [0, 0.05) is 5.69 Å². The first-order valence-electron chi connectivity index (χ1n) is 5.39. The zero-order valence-electron chi connectivity index (χ0n) is 9.84. The zero-order valence-corrected chi connectivity index (χ0v) is 9.84. The summed E-state index contributed by atoms with van der Waals surface area (Å²) in [5.74, 6) is -0.323. The second-order valence-corrected chi connectivity index (χ2v) is 3.89. The van der Waals surface area contributed by atoms with Gasteiger partial charge in [0.05, 0.1) is 17.4 Å². The highest BCUT2D eigenvalue weighted by molar-refractivity contribution is 5.91. The molecule has 0 unspecified atom stereocenters. The first-order valence-corrected chi connectivity index (χ1v) is 5.39. The van der Waals surface area contributed by atoms with E-state index in [1.807, 2.05) is 0 Å². The van der Waals surface area contributed by atoms with Crippen molar-refractivity contribution >= 4 is 23.2 Å². The number of nitrogen functional groups attached to an aromatic ring is 1. The number of hydrogen-bond donors (Lipinski definition) is 3. The normalized spacial score (nSPS) is 10.1. The average Bonchev–Trinajstić information content (AvgIpc) is 2.34. The number of carboxylic acids is 1. The molecule has 92 valence electrons. The van der Waals surface area contributed by atoms with Crippen LogP contribution in [-0.4, -0.2) is 16.1 Å². The molecule has 5 nitrogen and oxygen atoms in total. The van der Waals surface area contributed by atoms with E-state index in [0.29, 0.717) is 22.8 Å². The van der Waals surface area contributed by atoms with E-state index in [9.17, 15) is 4.79 Å². The monoisotopic (exact) mass is 243 g/mol. The van der Waals surface area contributed by atoms with Crippen molar-refractivity contribution in [1.29, 1.82) is 0 Å². The third-order valence-corrected chi connectivity index (χ3v) is 2.61. The van der Waals surface area contributed by atoms with Crippen molar-refractivity contribution in [3.05, 3.63) is 47.7 Å². The number of benzene rings is 1. The quantitative estimate of drug-likeness (QED) is 0.770. The highest BCUT2D eigenvalue weighted by Gasteiger charge is 2.10. The average molecular weight is 243 g/mol. The van der Waals surface area contributed by atoms with Gasteiger partial charge in [0.25, 0.3) is 0 Å². The Labute approximate surface area is 104 Å². The summed E-state index contributed by atoms with van der Waals surface area (Å²) in [6.07, 6.45) is 1.54. The minimum Gasteiger partial charge on any atom is -0.478 e. The van der Waals surface area contributed by atoms with E-state index in [1.54, 1.807) is 43.5 Å². The molecule has 0 aliphatic rings. The molecule has 2 rings (SSSR count). The summed E-state index contributed by atoms with van der Waals surface area (Å²) >= 11 is 0. The fraction of sp³-hybridized carbons (Fsp3) is 0.0769. The summed E-state index contributed by atoms with van der Waals surface area (Å²) in [6.45, 7) is 1.75. The molecular formula is C13H13N3O2. The Balaban J connectivity index is 2.32. The smallest absolute Gasteiger partial charge is 0.336 e. The number of anilines is 3. The predicted octanol–water partition coefficient (Wildman–Crippen LogP) is 2.41. The predicted molar refractivity (Wildman–Crippen MR) is 70.1 cm³/mol. The fourth-order valence-electron chi connectivity index (χ4n) is 1.62. The molecule has 0 aliphatic carbocycles. The third kappa shape index (κ3) is 2.40. The van der Waals surface area contributed by atoms with Crippen LogP contribution >= 0.6 is 0 Å². The van der Waals surface area contributed by atoms with Gasteiger partial charge in [-0.2, -0.15) is 0 Å². The van der Waals surface area contributed by atoms with Gasteiger partial charge in [0.1, 0.15) is 5.82 Å². The fourth-order valence-corrected chi connectivity index (χ4v) is 1.62. The van der Waals surface area contributed by atoms with Gasteiger partial charge < -0.3 is 16.2 Å². The van der Waals surface area contributed by atoms with Gasteiger partial charge in [-0.1, -0.05) is 6.07 Å². The topological polar surface area (TPSA) is 88.2 Å². The number of nitrogens with two attached hydrogens (primary N) is 1. The molecule has 18 heavy (non-hydrogen) atoms. The molecule has 0 fully saturated rings. The minimum absolute atomic E-state index is 0.274. The highest BCUT2D eigenvalue weighted by atomic mass is 16.4. The Hall–Kier alpha value is -2.56. The number of nitrogens with zero attached hydrogens (tertiary/aromatic N) is 1. The maximum absolute atomic E-state index is 11.0. The van der Waals surface area contributed by atoms with E-state index in [1.165, 1.54) is 0 Å². The Bertz CT molecular complexity index is 579. The Morgan fingerprint density at radius 3 is 2.72 bits per heavy atom. The number of carbonyl (C=O) groups is 1. The van der Waals surface area contributed by atoms with Gasteiger partial charge >= 0.3 is 5.97 Å². The second kappa shape index (κ2) is 4.75. The zero-order chi connectivity index (χ0) is 13.1. The Kier molecular flexibility index (Phi) is 3.14. The molecule has 0 amide bonds. The van der Waals surface area contributed by atoms with Gasteiger partial charge in [-0.05, 0) is 36.8 Å². The summed E-state index contributed by atoms with van der Waals surface area (Å²) in [6, 6.07) is 8.53. The molecule has 0 spiro atoms. The van der Waals surface area contributed by atoms with Crippen molar-refractivity contribution in [2.45, 2.75) is 6.92 Å². The summed E-state index contributed by atoms with van der Waals surface area (Å²) in [5, 5.41) is 12.1. The first kappa shape index (κ1) is 11.9. The van der Waals surface area contributed by atoms with E-state index >= 15 is 0 Å². The standard InChI is InChI=1S/C13H13N3O2/c1-8-10(13(17)18)3-2-4-11(8)16-12-6-5-9(14)7-15-12/h2-7H,14H2,1H3,(H,15,16)(H,17,18). The lowest BCUT2D eigenvalue weighted by molar-refractivity contribution is 0.0696. The number of pyridine rings is 1. The third-order valence-electron chi connectivity index (χ3n) is 2.61. The van der Waals surface area contributed by atoms with Crippen LogP contribution in [0.3, 0.4) is 0 Å². The number of hydrogen-bond acceptors (Lipinski definition) is 4. The maximum atomic E-state index is 11.0. The van der Waals surface area contributed by atoms with Crippen molar-refractivity contribution in [3.8, 4) is 0 Å². The second-order valence-electron chi connectivity index (χ2n) is 3.89. The molecule has 1 aromatic carbocycles. The Morgan fingerprint density at radius 2 is 2.11 bits per heavy atom. The molecule has 0 saturated heterocycles. The van der Waals surface area contributed by atoms with Crippen LogP contribution in [0.25, 0.3) is 0 Å². The SMILES string of the molecule is Cc1c(Nc2ccc(N)cn2)cccc1C(=O)O. The summed E-state index contributed by atoms with van der Waals surface area (Å²) < 4.78 is 0. The number of rotatable bonds is 3. The number of carboxylic acid groups (broad SMARTS) is 1. The van der Waals surface area contributed by atoms with Crippen LogP contribution in [0.5, 0.6) is 0 Å². The van der Waals surface area contributed by atoms with Crippen LogP contribution in [0, 0.1) is 6.92 Å². The van der Waals surface area contributed by atoms with Gasteiger partial charge in [0.15, 0.2) is 0 Å². The molecular weight excluding hydrogens is 230 g/mol. The van der Waals surface area contributed by atoms with E-state index in [4.69, 9.17) is 10.8 Å². The van der Waals surface area contributed by atoms with Gasteiger partial charge in [0.2, 0.25) is 0 Å². The molecule has 0 saturated carbocycles. The van der Waals surface area contributed by atoms with Crippen molar-refractivity contribution in [1.82, 2.24) is 4.98 Å². The van der Waals surface area contributed by atoms with Gasteiger partial charge in [-0.25, -0.2) is 9.78 Å². The molecule has 0 radical (unpaired) electrons. The molecule has 1 aromatic heterocycles. The van der Waals surface area contributed by atoms with Crippen LogP contribution in [0.4, 0.5) is 17.2 Å². The van der Waals surface area contributed by atoms with E-state index in [2.05, 4.69) is 10.3 Å². The van der Waals surface area contributed by atoms with Crippen LogP contribution in [0.2, 0.25) is 0 Å². The molecule has 0 atom stereocenters. The number of aromatic carboxylic acids is 1. The summed E-state index contributed by atoms with van der Waals surface area (Å²) in [5.41, 5.74) is 7.78. The lowest BCUT2D eigenvalue weighted by atomic mass is 10.1. The van der Waals surface area contributed by atoms with Crippen molar-refractivity contribution in [2.75, 3.05) is 11.1 Å². The highest BCUT2D eigenvalue weighted by Crippen LogP contribution is 2.22. The Morgan fingerprint density at radius 1 is 1.33 bits per heavy atom. The number of aromatic nitrogens is 1. The van der Waals surface area contributed by atoms with Crippen LogP contribution in [0.1, 0.15) is 15.9 Å². The lowest BCUT2D eigenvalue weighted by Gasteiger charge is -2.10. The van der Waals surface area contributed by atoms with E-state index in [-0.39, 0.29) is 5.56 Å². The van der Waals surface area contributed by atoms with Gasteiger partial charge in [-0.15, -0.1) is 0 Å². The van der Waals surface area contributed by atoms with Crippen molar-refractivity contribution < 1.29 is 9.90 Å². The summed E-state index contributed by atoms with van der Waals surface area (Å²) in [4.78, 5) is 15.1. The van der Waals surface area contributed by atoms with Crippen LogP contribution < -0.4 is 11.1 Å². The summed E-state index contributed by atoms with van der Waals surface area (Å²) in [7, 11) is 0. The van der Waals surface area contributed by atoms with E-state index in [0.717, 1.165) is 0 Å². The van der Waals surface area contributed by atoms with E-state index < -0.39 is 5.97 Å². The molecule has 5 heteroatoms. The maximum Gasteiger partial charge on any atom is 0.336 e. The minimum atomic E-state index is -0.943. The van der Waals surface area contributed by atoms with Crippen molar-refractivity contribution in [2.24, 2.45) is 0 Å². The lowest BCUT2D eigenvalue weighted by Crippen LogP contribution is -2.03. The molecule has 4 N–H and O–H groups in total. The largest absolute Gasteiger partial charge is 0.478 e. The molecule has 0 bridgehead atoms. The number of nitrogens with one attached hydrogen (secondary N) is 1. The molecule has 2 aromatic rings.